The maximum Gasteiger partial charge on any atom is 0.236 e. The van der Waals surface area contributed by atoms with Crippen LogP contribution in [-0.4, -0.2) is 38.1 Å². The first-order valence-corrected chi connectivity index (χ1v) is 7.10. The summed E-state index contributed by atoms with van der Waals surface area (Å²) in [5.74, 6) is 1.58. The van der Waals surface area contributed by atoms with Crippen molar-refractivity contribution in [2.75, 3.05) is 27.2 Å². The van der Waals surface area contributed by atoms with E-state index in [1.165, 1.54) is 0 Å². The first kappa shape index (κ1) is 15.4. The molecule has 2 aromatic rings. The molecule has 0 saturated heterocycles. The number of amides is 1. The minimum atomic E-state index is -0.0451. The lowest BCUT2D eigenvalue weighted by molar-refractivity contribution is -0.128. The molecule has 2 rings (SSSR count). The largest absolute Gasteiger partial charge is 0.493 e. The third-order valence-corrected chi connectivity index (χ3v) is 3.63. The van der Waals surface area contributed by atoms with Gasteiger partial charge in [-0.25, -0.2) is 0 Å². The Labute approximate surface area is 124 Å². The summed E-state index contributed by atoms with van der Waals surface area (Å²) in [5, 5.41) is 4.18. The van der Waals surface area contributed by atoms with Crippen molar-refractivity contribution in [2.24, 2.45) is 0 Å². The van der Waals surface area contributed by atoms with E-state index >= 15 is 0 Å². The summed E-state index contributed by atoms with van der Waals surface area (Å²) in [6.07, 6.45) is 0. The fraction of sp³-hybridized carbons (Fsp3) is 0.438. The second kappa shape index (κ2) is 6.63. The summed E-state index contributed by atoms with van der Waals surface area (Å²) >= 11 is 0. The summed E-state index contributed by atoms with van der Waals surface area (Å²) in [6.45, 7) is 4.92. The molecule has 21 heavy (non-hydrogen) atoms. The molecule has 0 bridgehead atoms. The molecule has 1 aromatic heterocycles. The first-order chi connectivity index (χ1) is 10.1. The minimum Gasteiger partial charge on any atom is -0.493 e. The number of fused-ring (bicyclic) bond motifs is 1. The maximum absolute atomic E-state index is 11.8. The molecule has 1 aromatic carbocycles. The van der Waals surface area contributed by atoms with Crippen LogP contribution in [0.3, 0.4) is 0 Å². The van der Waals surface area contributed by atoms with Gasteiger partial charge in [0, 0.05) is 19.0 Å². The third kappa shape index (κ3) is 3.36. The topological polar surface area (TPSA) is 54.7 Å². The molecular weight excluding hydrogens is 268 g/mol. The van der Waals surface area contributed by atoms with Crippen LogP contribution in [0.4, 0.5) is 0 Å². The van der Waals surface area contributed by atoms with E-state index in [0.717, 1.165) is 16.7 Å². The van der Waals surface area contributed by atoms with Gasteiger partial charge in [0.25, 0.3) is 0 Å². The average Bonchev–Trinajstić information content (AvgIpc) is 2.95. The number of carbonyl (C=O) groups is 1. The molecule has 5 nitrogen and oxygen atoms in total. The molecule has 5 heteroatoms. The Bertz CT molecular complexity index is 621. The number of carbonyl (C=O) groups excluding carboxylic acids is 1. The van der Waals surface area contributed by atoms with Gasteiger partial charge in [-0.2, -0.15) is 0 Å². The maximum atomic E-state index is 11.8. The van der Waals surface area contributed by atoms with Crippen molar-refractivity contribution in [1.82, 2.24) is 10.2 Å². The summed E-state index contributed by atoms with van der Waals surface area (Å²) in [4.78, 5) is 13.5. The van der Waals surface area contributed by atoms with Crippen LogP contribution in [0.1, 0.15) is 25.6 Å². The third-order valence-electron chi connectivity index (χ3n) is 3.63. The second-order valence-corrected chi connectivity index (χ2v) is 5.04. The lowest BCUT2D eigenvalue weighted by Crippen LogP contribution is -2.36. The molecular formula is C16H22N2O3. The standard InChI is InChI=1S/C16H22N2O3/c1-5-18(3)15(19)10-17-11(2)14-9-12-7-6-8-13(20-4)16(12)21-14/h6-9,11,17H,5,10H2,1-4H3. The predicted octanol–water partition coefficient (Wildman–Crippen LogP) is 2.57. The van der Waals surface area contributed by atoms with Crippen LogP contribution < -0.4 is 10.1 Å². The summed E-state index contributed by atoms with van der Waals surface area (Å²) < 4.78 is 11.1. The number of ether oxygens (including phenoxy) is 1. The van der Waals surface area contributed by atoms with Crippen molar-refractivity contribution in [3.05, 3.63) is 30.0 Å². The summed E-state index contributed by atoms with van der Waals surface area (Å²) in [7, 11) is 3.42. The Morgan fingerprint density at radius 3 is 2.90 bits per heavy atom. The number of nitrogens with zero attached hydrogens (tertiary/aromatic N) is 1. The predicted molar refractivity (Wildman–Crippen MR) is 82.5 cm³/mol. The first-order valence-electron chi connectivity index (χ1n) is 7.10. The van der Waals surface area contributed by atoms with Gasteiger partial charge in [0.05, 0.1) is 19.7 Å². The number of likely N-dealkylation sites (N-methyl/N-ethyl adjacent to an activating group) is 1. The molecule has 0 aliphatic carbocycles. The fourth-order valence-corrected chi connectivity index (χ4v) is 2.08. The minimum absolute atomic E-state index is 0.0451. The van der Waals surface area contributed by atoms with Gasteiger partial charge in [-0.1, -0.05) is 12.1 Å². The molecule has 0 spiro atoms. The van der Waals surface area contributed by atoms with Gasteiger partial charge >= 0.3 is 0 Å². The van der Waals surface area contributed by atoms with E-state index in [2.05, 4.69) is 5.32 Å². The number of hydrogen-bond donors (Lipinski definition) is 1. The number of benzene rings is 1. The van der Waals surface area contributed by atoms with Gasteiger partial charge in [0.15, 0.2) is 11.3 Å². The SMILES string of the molecule is CCN(C)C(=O)CNC(C)c1cc2cccc(OC)c2o1. The highest BCUT2D eigenvalue weighted by molar-refractivity contribution is 5.83. The molecule has 1 amide bonds. The Hall–Kier alpha value is -2.01. The van der Waals surface area contributed by atoms with Gasteiger partial charge in [-0.15, -0.1) is 0 Å². The van der Waals surface area contributed by atoms with Crippen molar-refractivity contribution in [3.8, 4) is 5.75 Å². The lowest BCUT2D eigenvalue weighted by atomic mass is 10.2. The zero-order chi connectivity index (χ0) is 15.4. The van der Waals surface area contributed by atoms with Gasteiger partial charge < -0.3 is 14.1 Å². The van der Waals surface area contributed by atoms with Crippen molar-refractivity contribution in [3.63, 3.8) is 0 Å². The smallest absolute Gasteiger partial charge is 0.236 e. The van der Waals surface area contributed by atoms with E-state index in [4.69, 9.17) is 9.15 Å². The Morgan fingerprint density at radius 1 is 1.48 bits per heavy atom. The summed E-state index contributed by atoms with van der Waals surface area (Å²) in [5.41, 5.74) is 0.737. The van der Waals surface area contributed by atoms with Gasteiger partial charge in [0.1, 0.15) is 5.76 Å². The van der Waals surface area contributed by atoms with E-state index in [1.54, 1.807) is 19.1 Å². The fourth-order valence-electron chi connectivity index (χ4n) is 2.08. The molecule has 0 fully saturated rings. The molecule has 0 saturated carbocycles. The average molecular weight is 290 g/mol. The van der Waals surface area contributed by atoms with Gasteiger partial charge in [-0.05, 0) is 26.0 Å². The van der Waals surface area contributed by atoms with Crippen LogP contribution in [0.2, 0.25) is 0 Å². The molecule has 0 radical (unpaired) electrons. The number of rotatable bonds is 6. The molecule has 1 N–H and O–H groups in total. The normalized spacial score (nSPS) is 12.4. The molecule has 1 atom stereocenters. The lowest BCUT2D eigenvalue weighted by Gasteiger charge is -2.16. The van der Waals surface area contributed by atoms with E-state index in [9.17, 15) is 4.79 Å². The number of methoxy groups -OCH3 is 1. The van der Waals surface area contributed by atoms with E-state index in [-0.39, 0.29) is 11.9 Å². The van der Waals surface area contributed by atoms with E-state index < -0.39 is 0 Å². The quantitative estimate of drug-likeness (QED) is 0.888. The monoisotopic (exact) mass is 290 g/mol. The number of furan rings is 1. The van der Waals surface area contributed by atoms with Crippen molar-refractivity contribution in [1.29, 1.82) is 0 Å². The van der Waals surface area contributed by atoms with Crippen LogP contribution >= 0.6 is 0 Å². The highest BCUT2D eigenvalue weighted by Gasteiger charge is 2.15. The zero-order valence-corrected chi connectivity index (χ0v) is 13.0. The molecule has 0 aliphatic heterocycles. The second-order valence-electron chi connectivity index (χ2n) is 5.04. The Kier molecular flexibility index (Phi) is 4.85. The zero-order valence-electron chi connectivity index (χ0n) is 13.0. The molecule has 114 valence electrons. The van der Waals surface area contributed by atoms with Crippen LogP contribution in [0.25, 0.3) is 11.0 Å². The number of para-hydroxylation sites is 1. The molecule has 1 heterocycles. The van der Waals surface area contributed by atoms with Crippen molar-refractivity contribution >= 4 is 16.9 Å². The number of nitrogens with one attached hydrogen (secondary N) is 1. The summed E-state index contributed by atoms with van der Waals surface area (Å²) in [6, 6.07) is 7.71. The van der Waals surface area contributed by atoms with E-state index in [0.29, 0.717) is 18.8 Å². The van der Waals surface area contributed by atoms with Crippen LogP contribution in [0, 0.1) is 0 Å². The number of hydrogen-bond acceptors (Lipinski definition) is 4. The highest BCUT2D eigenvalue weighted by Crippen LogP contribution is 2.30. The Morgan fingerprint density at radius 2 is 2.24 bits per heavy atom. The highest BCUT2D eigenvalue weighted by atomic mass is 16.5. The molecule has 0 aliphatic rings. The van der Waals surface area contributed by atoms with Crippen molar-refractivity contribution < 1.29 is 13.9 Å². The molecule has 1 unspecified atom stereocenters. The van der Waals surface area contributed by atoms with Crippen LogP contribution in [0.15, 0.2) is 28.7 Å². The van der Waals surface area contributed by atoms with Gasteiger partial charge in [-0.3, -0.25) is 10.1 Å². The van der Waals surface area contributed by atoms with Crippen molar-refractivity contribution in [2.45, 2.75) is 19.9 Å². The Balaban J connectivity index is 2.09. The van der Waals surface area contributed by atoms with E-state index in [1.807, 2.05) is 38.1 Å². The van der Waals surface area contributed by atoms with Crippen LogP contribution in [-0.2, 0) is 4.79 Å². The van der Waals surface area contributed by atoms with Crippen LogP contribution in [0.5, 0.6) is 5.75 Å². The van der Waals surface area contributed by atoms with Gasteiger partial charge in [0.2, 0.25) is 5.91 Å².